The minimum Gasteiger partial charge on any atom is -0.401 e. The maximum absolute atomic E-state index is 12.6. The summed E-state index contributed by atoms with van der Waals surface area (Å²) in [5.74, 6) is -0.472. The molecule has 0 saturated heterocycles. The third-order valence-electron chi connectivity index (χ3n) is 3.94. The number of aliphatic hydroxyl groups is 1. The van der Waals surface area contributed by atoms with Crippen molar-refractivity contribution in [1.82, 2.24) is 10.3 Å². The monoisotopic (exact) mass is 444 g/mol. The van der Waals surface area contributed by atoms with E-state index in [0.717, 1.165) is 5.56 Å². The van der Waals surface area contributed by atoms with E-state index in [-0.39, 0.29) is 44.8 Å². The summed E-state index contributed by atoms with van der Waals surface area (Å²) >= 11 is 5.83. The molecule has 2 aromatic carbocycles. The fourth-order valence-corrected chi connectivity index (χ4v) is 2.71. The van der Waals surface area contributed by atoms with Crippen LogP contribution in [0.25, 0.3) is 10.9 Å². The topological polar surface area (TPSA) is 82.2 Å². The summed E-state index contributed by atoms with van der Waals surface area (Å²) < 4.78 is 0. The Labute approximate surface area is 180 Å². The van der Waals surface area contributed by atoms with Gasteiger partial charge in [0.15, 0.2) is 0 Å². The Morgan fingerprint density at radius 3 is 2.65 bits per heavy atom. The van der Waals surface area contributed by atoms with Gasteiger partial charge in [0.05, 0.1) is 5.56 Å². The summed E-state index contributed by atoms with van der Waals surface area (Å²) in [7, 11) is 0. The second-order valence-corrected chi connectivity index (χ2v) is 6.15. The molecule has 1 unspecified atom stereocenters. The van der Waals surface area contributed by atoms with Gasteiger partial charge in [-0.3, -0.25) is 4.79 Å². The number of nitrogens with one attached hydrogen (secondary N) is 2. The molecule has 1 radical (unpaired) electrons. The molecular formula is C19H16ClN2O3Y-. The molecule has 1 aromatic heterocycles. The predicted molar refractivity (Wildman–Crippen MR) is 96.7 cm³/mol. The van der Waals surface area contributed by atoms with E-state index in [1.54, 1.807) is 37.3 Å². The van der Waals surface area contributed by atoms with Gasteiger partial charge in [0.2, 0.25) is 0 Å². The average Bonchev–Trinajstić information content (AvgIpc) is 2.61. The quantitative estimate of drug-likeness (QED) is 0.541. The van der Waals surface area contributed by atoms with Gasteiger partial charge >= 0.3 is 0 Å². The second kappa shape index (κ2) is 8.91. The van der Waals surface area contributed by atoms with Crippen molar-refractivity contribution in [2.45, 2.75) is 19.6 Å². The molecule has 0 saturated carbocycles. The first-order valence-corrected chi connectivity index (χ1v) is 8.11. The zero-order chi connectivity index (χ0) is 18.0. The SMILES string of the molecule is CC(O)c1c[c-]cc2c(=O)c(C(=O)NCc3ccc(Cl)cc3)c[nH]c12.[Y]. The molecule has 131 valence electrons. The Hall–Kier alpha value is -1.53. The minimum atomic E-state index is -0.750. The van der Waals surface area contributed by atoms with Crippen molar-refractivity contribution in [3.8, 4) is 0 Å². The molecule has 1 heterocycles. The summed E-state index contributed by atoms with van der Waals surface area (Å²) in [4.78, 5) is 27.9. The molecule has 7 heteroatoms. The normalized spacial score (nSPS) is 11.7. The first-order valence-electron chi connectivity index (χ1n) is 7.73. The Bertz CT molecular complexity index is 984. The first kappa shape index (κ1) is 20.8. The van der Waals surface area contributed by atoms with Gasteiger partial charge in [0.1, 0.15) is 5.43 Å². The number of fused-ring (bicyclic) bond motifs is 1. The molecule has 0 aliphatic carbocycles. The standard InChI is InChI=1S/C19H16ClN2O3.Y/c1-11(23)14-3-2-4-15-17(14)21-10-16(18(15)24)19(25)22-9-12-5-7-13(20)8-6-12;/h3-8,10-11,23H,9H2,1H3,(H,21,24)(H,22,25);/q-1;. The number of rotatable bonds is 4. The van der Waals surface area contributed by atoms with Crippen LogP contribution in [0.2, 0.25) is 5.02 Å². The Morgan fingerprint density at radius 1 is 1.31 bits per heavy atom. The fourth-order valence-electron chi connectivity index (χ4n) is 2.59. The number of amides is 1. The third-order valence-corrected chi connectivity index (χ3v) is 4.19. The summed E-state index contributed by atoms with van der Waals surface area (Å²) in [6, 6.07) is 13.0. The summed E-state index contributed by atoms with van der Waals surface area (Å²) in [6.45, 7) is 1.89. The van der Waals surface area contributed by atoms with Crippen LogP contribution < -0.4 is 10.7 Å². The molecular weight excluding hydrogens is 429 g/mol. The van der Waals surface area contributed by atoms with Crippen molar-refractivity contribution in [2.75, 3.05) is 0 Å². The minimum absolute atomic E-state index is 0. The maximum Gasteiger partial charge on any atom is 0.255 e. The van der Waals surface area contributed by atoms with E-state index in [4.69, 9.17) is 11.6 Å². The van der Waals surface area contributed by atoms with Gasteiger partial charge < -0.3 is 20.2 Å². The van der Waals surface area contributed by atoms with E-state index >= 15 is 0 Å². The van der Waals surface area contributed by atoms with Crippen molar-refractivity contribution < 1.29 is 42.6 Å². The van der Waals surface area contributed by atoms with Crippen LogP contribution in [-0.2, 0) is 39.3 Å². The molecule has 1 amide bonds. The molecule has 0 spiro atoms. The number of carbonyl (C=O) groups excluding carboxylic acids is 1. The Balaban J connectivity index is 0.00000243. The number of carbonyl (C=O) groups is 1. The maximum atomic E-state index is 12.6. The zero-order valence-corrected chi connectivity index (χ0v) is 17.6. The van der Waals surface area contributed by atoms with Gasteiger partial charge in [-0.1, -0.05) is 34.6 Å². The molecule has 0 bridgehead atoms. The molecule has 3 aromatic rings. The first-order chi connectivity index (χ1) is 12.0. The largest absolute Gasteiger partial charge is 0.401 e. The van der Waals surface area contributed by atoms with E-state index in [2.05, 4.69) is 16.4 Å². The number of halogens is 1. The van der Waals surface area contributed by atoms with Gasteiger partial charge in [-0.2, -0.15) is 18.2 Å². The predicted octanol–water partition coefficient (Wildman–Crippen LogP) is 2.96. The van der Waals surface area contributed by atoms with Gasteiger partial charge in [0, 0.05) is 56.6 Å². The summed E-state index contributed by atoms with van der Waals surface area (Å²) in [5.41, 5.74) is 1.55. The van der Waals surface area contributed by atoms with Crippen molar-refractivity contribution in [3.63, 3.8) is 0 Å². The van der Waals surface area contributed by atoms with Crippen LogP contribution in [0.1, 0.15) is 34.5 Å². The summed E-state index contributed by atoms with van der Waals surface area (Å²) in [6.07, 6.45) is 0.619. The van der Waals surface area contributed by atoms with Crippen LogP contribution in [0.15, 0.2) is 47.4 Å². The van der Waals surface area contributed by atoms with Crippen LogP contribution in [0.3, 0.4) is 0 Å². The fraction of sp³-hybridized carbons (Fsp3) is 0.158. The third kappa shape index (κ3) is 4.41. The number of aromatic amines is 1. The van der Waals surface area contributed by atoms with E-state index in [0.29, 0.717) is 21.5 Å². The van der Waals surface area contributed by atoms with Crippen LogP contribution in [0.4, 0.5) is 0 Å². The van der Waals surface area contributed by atoms with Crippen LogP contribution >= 0.6 is 11.6 Å². The molecule has 1 atom stereocenters. The number of benzene rings is 2. The van der Waals surface area contributed by atoms with E-state index in [1.165, 1.54) is 12.3 Å². The second-order valence-electron chi connectivity index (χ2n) is 5.72. The molecule has 3 rings (SSSR count). The van der Waals surface area contributed by atoms with Gasteiger partial charge in [0.25, 0.3) is 5.91 Å². The van der Waals surface area contributed by atoms with Gasteiger partial charge in [-0.25, -0.2) is 0 Å². The number of hydrogen-bond donors (Lipinski definition) is 3. The summed E-state index contributed by atoms with van der Waals surface area (Å²) in [5, 5.41) is 13.4. The average molecular weight is 445 g/mol. The molecule has 0 aliphatic rings. The Morgan fingerprint density at radius 2 is 2.00 bits per heavy atom. The van der Waals surface area contributed by atoms with Crippen molar-refractivity contribution in [2.24, 2.45) is 0 Å². The van der Waals surface area contributed by atoms with Crippen LogP contribution in [-0.4, -0.2) is 16.0 Å². The van der Waals surface area contributed by atoms with E-state index < -0.39 is 17.4 Å². The van der Waals surface area contributed by atoms with E-state index in [9.17, 15) is 14.7 Å². The molecule has 0 aliphatic heterocycles. The number of hydrogen-bond acceptors (Lipinski definition) is 3. The van der Waals surface area contributed by atoms with Crippen molar-refractivity contribution >= 4 is 28.4 Å². The van der Waals surface area contributed by atoms with Crippen LogP contribution in [0, 0.1) is 6.07 Å². The smallest absolute Gasteiger partial charge is 0.255 e. The van der Waals surface area contributed by atoms with Crippen molar-refractivity contribution in [3.05, 3.63) is 80.6 Å². The zero-order valence-electron chi connectivity index (χ0n) is 14.0. The van der Waals surface area contributed by atoms with E-state index in [1.807, 2.05) is 0 Å². The molecule has 0 fully saturated rings. The number of pyridine rings is 1. The van der Waals surface area contributed by atoms with Gasteiger partial charge in [-0.05, 0) is 24.6 Å². The number of aliphatic hydroxyl groups excluding tert-OH is 1. The van der Waals surface area contributed by atoms with Crippen molar-refractivity contribution in [1.29, 1.82) is 0 Å². The molecule has 5 nitrogen and oxygen atoms in total. The molecule has 3 N–H and O–H groups in total. The van der Waals surface area contributed by atoms with Gasteiger partial charge in [-0.15, -0.1) is 5.56 Å². The Kier molecular flexibility index (Phi) is 7.12. The van der Waals surface area contributed by atoms with Crippen LogP contribution in [0.5, 0.6) is 0 Å². The number of aromatic nitrogens is 1. The number of H-pyrrole nitrogens is 1. The molecule has 26 heavy (non-hydrogen) atoms.